The number of carbonyl (C=O) groups excluding carboxylic acids is 1. The van der Waals surface area contributed by atoms with Crippen molar-refractivity contribution in [2.24, 2.45) is 0 Å². The predicted octanol–water partition coefficient (Wildman–Crippen LogP) is 5.14. The highest BCUT2D eigenvalue weighted by atomic mass is 35.5. The first-order chi connectivity index (χ1) is 13.0. The number of carboxylic acid groups (broad SMARTS) is 2. The summed E-state index contributed by atoms with van der Waals surface area (Å²) < 4.78 is 4.99. The molecule has 0 radical (unpaired) electrons. The summed E-state index contributed by atoms with van der Waals surface area (Å²) in [7, 11) is 0. The molecule has 0 aliphatic rings. The first-order valence-electron chi connectivity index (χ1n) is 8.06. The third kappa shape index (κ3) is 16.2. The number of benzene rings is 2. The molecule has 0 aliphatic heterocycles. The number of hydrogen-bond donors (Lipinski definition) is 3. The Hall–Kier alpha value is -2.99. The lowest BCUT2D eigenvalue weighted by molar-refractivity contribution is 0.136. The van der Waals surface area contributed by atoms with Gasteiger partial charge in [0, 0.05) is 12.4 Å². The van der Waals surface area contributed by atoms with E-state index >= 15 is 0 Å². The smallest absolute Gasteiger partial charge is 0.450 e. The number of amides is 1. The van der Waals surface area contributed by atoms with Gasteiger partial charge in [-0.15, -0.1) is 18.2 Å². The van der Waals surface area contributed by atoms with E-state index in [1.165, 1.54) is 5.56 Å². The van der Waals surface area contributed by atoms with Crippen LogP contribution in [0, 0.1) is 0 Å². The van der Waals surface area contributed by atoms with Crippen LogP contribution in [0.4, 0.5) is 9.59 Å². The molecule has 0 heterocycles. The Labute approximate surface area is 164 Å². The summed E-state index contributed by atoms with van der Waals surface area (Å²) in [6, 6.07) is 19.5. The predicted molar refractivity (Wildman–Crippen MR) is 106 cm³/mol. The second kappa shape index (κ2) is 16.5. The quantitative estimate of drug-likeness (QED) is 0.359. The van der Waals surface area contributed by atoms with E-state index in [4.69, 9.17) is 31.3 Å². The van der Waals surface area contributed by atoms with Crippen LogP contribution in [0.15, 0.2) is 73.3 Å². The maximum Gasteiger partial charge on any atom is 0.503 e. The van der Waals surface area contributed by atoms with Gasteiger partial charge in [-0.25, -0.2) is 9.59 Å². The molecule has 0 atom stereocenters. The van der Waals surface area contributed by atoms with Gasteiger partial charge in [0.25, 0.3) is 0 Å². The van der Waals surface area contributed by atoms with Crippen molar-refractivity contribution in [1.29, 1.82) is 0 Å². The Morgan fingerprint density at radius 1 is 1.00 bits per heavy atom. The van der Waals surface area contributed by atoms with Crippen molar-refractivity contribution in [3.8, 4) is 0 Å². The van der Waals surface area contributed by atoms with Gasteiger partial charge in [0.1, 0.15) is 6.61 Å². The van der Waals surface area contributed by atoms with Crippen LogP contribution in [0.5, 0.6) is 0 Å². The van der Waals surface area contributed by atoms with Gasteiger partial charge in [-0.2, -0.15) is 0 Å². The highest BCUT2D eigenvalue weighted by molar-refractivity contribution is 6.17. The van der Waals surface area contributed by atoms with E-state index in [1.807, 2.05) is 60.7 Å². The van der Waals surface area contributed by atoms with Crippen molar-refractivity contribution in [2.75, 3.05) is 6.54 Å². The number of rotatable bonds is 6. The Bertz CT molecular complexity index is 646. The molecule has 2 rings (SSSR count). The Balaban J connectivity index is 0.000000468. The number of alkyl halides is 1. The fourth-order valence-electron chi connectivity index (χ4n) is 1.62. The van der Waals surface area contributed by atoms with Crippen LogP contribution in [-0.4, -0.2) is 29.0 Å². The maximum atomic E-state index is 11.1. The van der Waals surface area contributed by atoms with Gasteiger partial charge >= 0.3 is 12.2 Å². The lowest BCUT2D eigenvalue weighted by Gasteiger charge is -2.05. The number of alkyl carbamates (subject to hydrolysis) is 1. The molecular formula is C20H24ClNO5. The Kier molecular flexibility index (Phi) is 14.7. The van der Waals surface area contributed by atoms with Crippen LogP contribution in [0.1, 0.15) is 17.5 Å². The van der Waals surface area contributed by atoms with Gasteiger partial charge in [0.2, 0.25) is 0 Å². The fourth-order valence-corrected chi connectivity index (χ4v) is 1.80. The standard InChI is InChI=1S/C12H15NO2.C7H7Cl.CH2O3/c1-2-3-9-13-12(14)15-10-11-7-5-4-6-8-11;8-6-7-4-2-1-3-5-7;2-1(3)4/h2,4-8H,1,3,9-10H2,(H,13,14);1-5H,6H2;(H2,2,3,4). The molecule has 6 nitrogen and oxygen atoms in total. The van der Waals surface area contributed by atoms with Crippen molar-refractivity contribution in [3.63, 3.8) is 0 Å². The average molecular weight is 394 g/mol. The van der Waals surface area contributed by atoms with Crippen molar-refractivity contribution in [2.45, 2.75) is 18.9 Å². The zero-order valence-corrected chi connectivity index (χ0v) is 15.6. The second-order valence-electron chi connectivity index (χ2n) is 4.97. The van der Waals surface area contributed by atoms with Gasteiger partial charge in [0.15, 0.2) is 0 Å². The van der Waals surface area contributed by atoms with Crippen LogP contribution in [0.25, 0.3) is 0 Å². The molecule has 0 saturated heterocycles. The summed E-state index contributed by atoms with van der Waals surface area (Å²) >= 11 is 5.53. The summed E-state index contributed by atoms with van der Waals surface area (Å²) in [5.74, 6) is 0.612. The number of carbonyl (C=O) groups is 2. The van der Waals surface area contributed by atoms with Gasteiger partial charge in [-0.3, -0.25) is 0 Å². The van der Waals surface area contributed by atoms with Crippen LogP contribution >= 0.6 is 11.6 Å². The van der Waals surface area contributed by atoms with Gasteiger partial charge in [0.05, 0.1) is 0 Å². The summed E-state index contributed by atoms with van der Waals surface area (Å²) in [4.78, 5) is 19.7. The molecular weight excluding hydrogens is 370 g/mol. The lowest BCUT2D eigenvalue weighted by atomic mass is 10.2. The summed E-state index contributed by atoms with van der Waals surface area (Å²) in [5, 5.41) is 16.6. The molecule has 7 heteroatoms. The number of hydrogen-bond acceptors (Lipinski definition) is 3. The van der Waals surface area contributed by atoms with Crippen LogP contribution in [0.2, 0.25) is 0 Å². The molecule has 2 aromatic carbocycles. The first kappa shape index (κ1) is 24.0. The number of nitrogens with one attached hydrogen (secondary N) is 1. The normalized spacial score (nSPS) is 8.78. The monoisotopic (exact) mass is 393 g/mol. The van der Waals surface area contributed by atoms with Crippen molar-refractivity contribution in [1.82, 2.24) is 5.32 Å². The topological polar surface area (TPSA) is 95.9 Å². The van der Waals surface area contributed by atoms with E-state index in [9.17, 15) is 4.79 Å². The molecule has 0 fully saturated rings. The largest absolute Gasteiger partial charge is 0.503 e. The summed E-state index contributed by atoms with van der Waals surface area (Å²) in [6.07, 6.45) is 0.276. The molecule has 0 saturated carbocycles. The third-order valence-corrected chi connectivity index (χ3v) is 3.14. The van der Waals surface area contributed by atoms with Crippen LogP contribution < -0.4 is 5.32 Å². The zero-order valence-electron chi connectivity index (χ0n) is 14.9. The molecule has 0 spiro atoms. The molecule has 3 N–H and O–H groups in total. The SMILES string of the molecule is C=CCCNC(=O)OCc1ccccc1.ClCc1ccccc1.O=C(O)O. The molecule has 2 aromatic rings. The third-order valence-electron chi connectivity index (χ3n) is 2.83. The van der Waals surface area contributed by atoms with E-state index in [1.54, 1.807) is 6.08 Å². The van der Waals surface area contributed by atoms with Crippen molar-refractivity contribution in [3.05, 3.63) is 84.4 Å². The first-order valence-corrected chi connectivity index (χ1v) is 8.60. The second-order valence-corrected chi connectivity index (χ2v) is 5.23. The van der Waals surface area contributed by atoms with Gasteiger partial charge < -0.3 is 20.3 Å². The van der Waals surface area contributed by atoms with Crippen molar-refractivity contribution < 1.29 is 24.5 Å². The molecule has 0 aliphatic carbocycles. The van der Waals surface area contributed by atoms with Gasteiger partial charge in [-0.1, -0.05) is 66.7 Å². The van der Waals surface area contributed by atoms with Crippen molar-refractivity contribution >= 4 is 23.8 Å². The number of halogens is 1. The maximum absolute atomic E-state index is 11.1. The Morgan fingerprint density at radius 2 is 1.48 bits per heavy atom. The van der Waals surface area contributed by atoms with Crippen LogP contribution in [0.3, 0.4) is 0 Å². The van der Waals surface area contributed by atoms with E-state index in [0.29, 0.717) is 19.0 Å². The molecule has 1 amide bonds. The summed E-state index contributed by atoms with van der Waals surface area (Å²) in [6.45, 7) is 4.43. The molecule has 0 bridgehead atoms. The molecule has 27 heavy (non-hydrogen) atoms. The summed E-state index contributed by atoms with van der Waals surface area (Å²) in [5.41, 5.74) is 2.16. The van der Waals surface area contributed by atoms with E-state index < -0.39 is 6.16 Å². The van der Waals surface area contributed by atoms with E-state index in [-0.39, 0.29) is 6.09 Å². The zero-order chi connectivity index (χ0) is 20.3. The minimum atomic E-state index is -1.83. The van der Waals surface area contributed by atoms with E-state index in [0.717, 1.165) is 12.0 Å². The lowest BCUT2D eigenvalue weighted by Crippen LogP contribution is -2.24. The Morgan fingerprint density at radius 3 is 1.89 bits per heavy atom. The molecule has 0 unspecified atom stereocenters. The fraction of sp³-hybridized carbons (Fsp3) is 0.200. The molecule has 146 valence electrons. The highest BCUT2D eigenvalue weighted by Crippen LogP contribution is 2.01. The molecule has 0 aromatic heterocycles. The average Bonchev–Trinajstić information content (AvgIpc) is 2.68. The van der Waals surface area contributed by atoms with Crippen LogP contribution in [-0.2, 0) is 17.2 Å². The number of ether oxygens (including phenoxy) is 1. The minimum Gasteiger partial charge on any atom is -0.450 e. The minimum absolute atomic E-state index is 0.306. The van der Waals surface area contributed by atoms with E-state index in [2.05, 4.69) is 11.9 Å². The van der Waals surface area contributed by atoms with Gasteiger partial charge in [-0.05, 0) is 17.5 Å². The highest BCUT2D eigenvalue weighted by Gasteiger charge is 2.00.